The Morgan fingerprint density at radius 2 is 2.00 bits per heavy atom. The van der Waals surface area contributed by atoms with Crippen LogP contribution in [0.2, 0.25) is 0 Å². The standard InChI is InChI=1S/C14H18O/c1-3-4-10-14(15)11-12(2)13-8-6-5-7-9-13/h1,5-9,12,14-15H,4,10-11H2,2H3. The fraction of sp³-hybridized carbons (Fsp3) is 0.429. The molecule has 0 fully saturated rings. The van der Waals surface area contributed by atoms with Crippen molar-refractivity contribution in [3.8, 4) is 12.3 Å². The van der Waals surface area contributed by atoms with Gasteiger partial charge in [0.05, 0.1) is 6.10 Å². The van der Waals surface area contributed by atoms with Crippen molar-refractivity contribution in [2.75, 3.05) is 0 Å². The summed E-state index contributed by atoms with van der Waals surface area (Å²) in [5, 5.41) is 9.72. The predicted molar refractivity (Wildman–Crippen MR) is 63.5 cm³/mol. The molecule has 0 aromatic heterocycles. The summed E-state index contributed by atoms with van der Waals surface area (Å²) >= 11 is 0. The Hall–Kier alpha value is -1.26. The van der Waals surface area contributed by atoms with Crippen LogP contribution in [0, 0.1) is 12.3 Å². The molecule has 2 atom stereocenters. The summed E-state index contributed by atoms with van der Waals surface area (Å²) in [6.07, 6.45) is 7.02. The number of benzene rings is 1. The monoisotopic (exact) mass is 202 g/mol. The summed E-state index contributed by atoms with van der Waals surface area (Å²) in [4.78, 5) is 0. The molecule has 1 aromatic carbocycles. The van der Waals surface area contributed by atoms with Gasteiger partial charge in [-0.1, -0.05) is 37.3 Å². The molecule has 0 radical (unpaired) electrons. The number of terminal acetylenes is 1. The smallest absolute Gasteiger partial charge is 0.0555 e. The maximum atomic E-state index is 9.72. The van der Waals surface area contributed by atoms with Crippen LogP contribution >= 0.6 is 0 Å². The number of rotatable bonds is 5. The molecule has 0 aliphatic rings. The lowest BCUT2D eigenvalue weighted by Crippen LogP contribution is -2.10. The molecule has 2 unspecified atom stereocenters. The Bertz CT molecular complexity index is 310. The molecule has 15 heavy (non-hydrogen) atoms. The lowest BCUT2D eigenvalue weighted by atomic mass is 9.93. The van der Waals surface area contributed by atoms with Gasteiger partial charge in [-0.2, -0.15) is 0 Å². The van der Waals surface area contributed by atoms with Gasteiger partial charge in [-0.05, 0) is 24.3 Å². The maximum absolute atomic E-state index is 9.72. The normalized spacial score (nSPS) is 14.2. The van der Waals surface area contributed by atoms with Crippen molar-refractivity contribution in [3.63, 3.8) is 0 Å². The molecule has 0 aliphatic carbocycles. The number of aliphatic hydroxyl groups is 1. The van der Waals surface area contributed by atoms with E-state index in [0.717, 1.165) is 6.42 Å². The lowest BCUT2D eigenvalue weighted by Gasteiger charge is -2.15. The first-order valence-electron chi connectivity index (χ1n) is 5.40. The van der Waals surface area contributed by atoms with Crippen molar-refractivity contribution >= 4 is 0 Å². The first-order chi connectivity index (χ1) is 7.24. The van der Waals surface area contributed by atoms with E-state index in [1.165, 1.54) is 5.56 Å². The van der Waals surface area contributed by atoms with Crippen LogP contribution in [0.1, 0.15) is 37.7 Å². The Kier molecular flexibility index (Phi) is 4.93. The highest BCUT2D eigenvalue weighted by Crippen LogP contribution is 2.21. The van der Waals surface area contributed by atoms with Gasteiger partial charge in [0.2, 0.25) is 0 Å². The highest BCUT2D eigenvalue weighted by molar-refractivity contribution is 5.18. The number of aliphatic hydroxyl groups excluding tert-OH is 1. The van der Waals surface area contributed by atoms with Crippen LogP contribution < -0.4 is 0 Å². The first-order valence-corrected chi connectivity index (χ1v) is 5.40. The second-order valence-electron chi connectivity index (χ2n) is 3.94. The molecule has 1 rings (SSSR count). The van der Waals surface area contributed by atoms with E-state index in [2.05, 4.69) is 25.0 Å². The predicted octanol–water partition coefficient (Wildman–Crippen LogP) is 2.95. The third-order valence-electron chi connectivity index (χ3n) is 2.62. The van der Waals surface area contributed by atoms with E-state index >= 15 is 0 Å². The Morgan fingerprint density at radius 1 is 1.33 bits per heavy atom. The van der Waals surface area contributed by atoms with Gasteiger partial charge in [0.25, 0.3) is 0 Å². The highest BCUT2D eigenvalue weighted by Gasteiger charge is 2.11. The fourth-order valence-corrected chi connectivity index (χ4v) is 1.69. The van der Waals surface area contributed by atoms with Crippen LogP contribution in [0.3, 0.4) is 0 Å². The summed E-state index contributed by atoms with van der Waals surface area (Å²) in [5.74, 6) is 2.94. The topological polar surface area (TPSA) is 20.2 Å². The molecule has 0 heterocycles. The average Bonchev–Trinajstić information content (AvgIpc) is 2.27. The third-order valence-corrected chi connectivity index (χ3v) is 2.62. The van der Waals surface area contributed by atoms with Gasteiger partial charge in [0.1, 0.15) is 0 Å². The molecular weight excluding hydrogens is 184 g/mol. The van der Waals surface area contributed by atoms with Gasteiger partial charge in [-0.25, -0.2) is 0 Å². The van der Waals surface area contributed by atoms with E-state index in [0.29, 0.717) is 18.8 Å². The molecule has 0 saturated heterocycles. The van der Waals surface area contributed by atoms with E-state index in [1.54, 1.807) is 0 Å². The van der Waals surface area contributed by atoms with Crippen molar-refractivity contribution in [3.05, 3.63) is 35.9 Å². The van der Waals surface area contributed by atoms with E-state index in [4.69, 9.17) is 6.42 Å². The van der Waals surface area contributed by atoms with Gasteiger partial charge in [0.15, 0.2) is 0 Å². The zero-order valence-electron chi connectivity index (χ0n) is 9.19. The molecule has 0 spiro atoms. The minimum Gasteiger partial charge on any atom is -0.393 e. The summed E-state index contributed by atoms with van der Waals surface area (Å²) in [6, 6.07) is 10.3. The molecule has 1 nitrogen and oxygen atoms in total. The second kappa shape index (κ2) is 6.27. The minimum absolute atomic E-state index is 0.281. The van der Waals surface area contributed by atoms with E-state index < -0.39 is 0 Å². The molecule has 1 aromatic rings. The molecule has 0 bridgehead atoms. The Labute approximate surface area is 92.1 Å². The molecule has 0 amide bonds. The van der Waals surface area contributed by atoms with Crippen LogP contribution in [0.4, 0.5) is 0 Å². The zero-order chi connectivity index (χ0) is 11.1. The van der Waals surface area contributed by atoms with Crippen molar-refractivity contribution in [2.24, 2.45) is 0 Å². The molecule has 0 saturated carbocycles. The van der Waals surface area contributed by atoms with Crippen molar-refractivity contribution in [1.82, 2.24) is 0 Å². The van der Waals surface area contributed by atoms with Crippen LogP contribution in [-0.4, -0.2) is 11.2 Å². The van der Waals surface area contributed by atoms with E-state index in [-0.39, 0.29) is 6.10 Å². The summed E-state index contributed by atoms with van der Waals surface area (Å²) in [7, 11) is 0. The highest BCUT2D eigenvalue weighted by atomic mass is 16.3. The average molecular weight is 202 g/mol. The number of hydrogen-bond acceptors (Lipinski definition) is 1. The third kappa shape index (κ3) is 4.18. The van der Waals surface area contributed by atoms with Gasteiger partial charge < -0.3 is 5.11 Å². The molecular formula is C14H18O. The second-order valence-corrected chi connectivity index (χ2v) is 3.94. The molecule has 80 valence electrons. The first kappa shape index (κ1) is 11.8. The van der Waals surface area contributed by atoms with E-state index in [9.17, 15) is 5.11 Å². The van der Waals surface area contributed by atoms with Gasteiger partial charge in [0, 0.05) is 6.42 Å². The summed E-state index contributed by atoms with van der Waals surface area (Å²) in [5.41, 5.74) is 1.28. The van der Waals surface area contributed by atoms with Gasteiger partial charge in [-0.3, -0.25) is 0 Å². The summed E-state index contributed by atoms with van der Waals surface area (Å²) in [6.45, 7) is 2.13. The van der Waals surface area contributed by atoms with Crippen molar-refractivity contribution < 1.29 is 5.11 Å². The van der Waals surface area contributed by atoms with Crippen LogP contribution in [0.15, 0.2) is 30.3 Å². The fourth-order valence-electron chi connectivity index (χ4n) is 1.69. The van der Waals surface area contributed by atoms with Crippen LogP contribution in [-0.2, 0) is 0 Å². The number of hydrogen-bond donors (Lipinski definition) is 1. The zero-order valence-corrected chi connectivity index (χ0v) is 9.19. The van der Waals surface area contributed by atoms with Gasteiger partial charge >= 0.3 is 0 Å². The van der Waals surface area contributed by atoms with Crippen LogP contribution in [0.25, 0.3) is 0 Å². The minimum atomic E-state index is -0.281. The molecule has 1 heteroatoms. The van der Waals surface area contributed by atoms with Crippen molar-refractivity contribution in [1.29, 1.82) is 0 Å². The van der Waals surface area contributed by atoms with Crippen LogP contribution in [0.5, 0.6) is 0 Å². The Balaban J connectivity index is 2.42. The SMILES string of the molecule is C#CCCC(O)CC(C)c1ccccc1. The quantitative estimate of drug-likeness (QED) is 0.728. The molecule has 1 N–H and O–H groups in total. The Morgan fingerprint density at radius 3 is 2.60 bits per heavy atom. The van der Waals surface area contributed by atoms with Crippen molar-refractivity contribution in [2.45, 2.75) is 38.2 Å². The van der Waals surface area contributed by atoms with Gasteiger partial charge in [-0.15, -0.1) is 12.3 Å². The summed E-state index contributed by atoms with van der Waals surface area (Å²) < 4.78 is 0. The largest absolute Gasteiger partial charge is 0.393 e. The molecule has 0 aliphatic heterocycles. The van der Waals surface area contributed by atoms with E-state index in [1.807, 2.05) is 18.2 Å². The maximum Gasteiger partial charge on any atom is 0.0555 e. The lowest BCUT2D eigenvalue weighted by molar-refractivity contribution is 0.149.